The number of benzene rings is 1. The first-order valence-electron chi connectivity index (χ1n) is 26.5. The van der Waals surface area contributed by atoms with E-state index < -0.39 is 157 Å². The van der Waals surface area contributed by atoms with Gasteiger partial charge in [0.15, 0.2) is 0 Å². The first-order valence-corrected chi connectivity index (χ1v) is 26.5. The lowest BCUT2D eigenvalue weighted by atomic mass is 9.84. The largest absolute Gasteiger partial charge is 0.391 e. The molecule has 1 aromatic carbocycles. The van der Waals surface area contributed by atoms with Crippen molar-refractivity contribution in [3.63, 3.8) is 0 Å². The molecule has 13 atom stereocenters. The van der Waals surface area contributed by atoms with Crippen molar-refractivity contribution in [2.24, 2.45) is 46.2 Å². The van der Waals surface area contributed by atoms with Crippen LogP contribution in [0.3, 0.4) is 0 Å². The highest BCUT2D eigenvalue weighted by molar-refractivity contribution is 6.07. The van der Waals surface area contributed by atoms with Crippen molar-refractivity contribution < 1.29 is 58.2 Å². The van der Waals surface area contributed by atoms with Crippen LogP contribution in [0.1, 0.15) is 97.5 Å². The second-order valence-corrected chi connectivity index (χ2v) is 20.1. The van der Waals surface area contributed by atoms with E-state index in [4.69, 9.17) is 34.4 Å². The van der Waals surface area contributed by atoms with Crippen LogP contribution in [0, 0.1) is 11.8 Å². The Morgan fingerprint density at radius 3 is 1.60 bits per heavy atom. The van der Waals surface area contributed by atoms with E-state index in [0.29, 0.717) is 29.7 Å². The van der Waals surface area contributed by atoms with Gasteiger partial charge in [0.25, 0.3) is 11.8 Å². The summed E-state index contributed by atoms with van der Waals surface area (Å²) < 4.78 is 0. The number of hydrogen-bond acceptors (Lipinski definition) is 18. The van der Waals surface area contributed by atoms with Crippen molar-refractivity contribution in [2.75, 3.05) is 32.7 Å². The van der Waals surface area contributed by atoms with Gasteiger partial charge in [-0.1, -0.05) is 57.0 Å². The molecule has 0 spiro atoms. The summed E-state index contributed by atoms with van der Waals surface area (Å²) in [5, 5.41) is 42.4. The van der Waals surface area contributed by atoms with Crippen LogP contribution in [0.5, 0.6) is 0 Å². The smallest absolute Gasteiger partial charge is 0.255 e. The number of rotatable bonds is 21. The van der Waals surface area contributed by atoms with E-state index in [2.05, 4.69) is 42.5 Å². The van der Waals surface area contributed by atoms with Gasteiger partial charge < -0.3 is 87.1 Å². The third kappa shape index (κ3) is 19.6. The van der Waals surface area contributed by atoms with E-state index in [9.17, 15) is 48.6 Å². The molecule has 0 aromatic heterocycles. The minimum atomic E-state index is -2.11. The topological polar surface area (TPSA) is 467 Å². The Bertz CT molecular complexity index is 2150. The lowest BCUT2D eigenvalue weighted by Gasteiger charge is -2.36. The summed E-state index contributed by atoms with van der Waals surface area (Å²) in [6.07, 6.45) is -2.74. The van der Waals surface area contributed by atoms with Crippen LogP contribution in [0.4, 0.5) is 0 Å². The molecule has 1 heterocycles. The molecule has 0 radical (unpaired) electrons. The SMILES string of the molecule is CC(C)C[C@@H]1NC(=O)[C@@H](Cc2ccccc2)NC(=O)[C@H](CCN)NC(=O)[C@H](CCN)N(C(=O)[C@H](CCN)NC(=O)[C@@H](NC(=O)[C@@H]2CCCC[C@H]2N)[C@@H](C)O)C(=O)[C@H]([C@@H](C)O)NC(=O)[C@H](CCN)NC(=O)[C@H](CCN)NC1=O. The molecular formula is C50H85N15O12. The number of carbonyl (C=O) groups is 10. The Balaban J connectivity index is 2.30. The number of hydrogen-bond donors (Lipinski definition) is 16. The van der Waals surface area contributed by atoms with E-state index in [0.717, 1.165) is 13.3 Å². The molecule has 10 amide bonds. The van der Waals surface area contributed by atoms with Gasteiger partial charge in [0, 0.05) is 12.5 Å². The van der Waals surface area contributed by atoms with E-state index in [1.807, 2.05) is 0 Å². The standard InChI is InChI=1S/C50H85N15O12/c1-26(2)24-36-45(72)58-32(14-19-51)42(69)57-34(16-21-53)44(71)64-40(28(4)67)50(77)65(49(76)35(17-22-54)60-48(75)39(27(3)66)63-41(68)30-12-8-9-13-31(30)56)38(18-23-55)47(74)59-33(15-20-52)43(70)62-37(46(73)61-36)25-29-10-6-5-7-11-29/h5-7,10-11,26-28,30-40,66-67H,8-9,12-25,51-56H2,1-4H3,(H,57,69)(H,58,72)(H,59,74)(H,60,75)(H,61,73)(H,62,70)(H,63,68)(H,64,71)/t27-,28-,30-,31-,32+,33+,34+,35+,36+,37-,38+,39+,40+/m1/s1. The van der Waals surface area contributed by atoms with E-state index >= 15 is 9.59 Å². The maximum atomic E-state index is 15.2. The Morgan fingerprint density at radius 1 is 0.623 bits per heavy atom. The summed E-state index contributed by atoms with van der Waals surface area (Å²) >= 11 is 0. The Morgan fingerprint density at radius 2 is 1.10 bits per heavy atom. The first kappa shape index (κ1) is 65.1. The lowest BCUT2D eigenvalue weighted by Crippen LogP contribution is -2.66. The van der Waals surface area contributed by atoms with E-state index in [1.54, 1.807) is 44.2 Å². The second kappa shape index (κ2) is 32.5. The molecule has 2 fully saturated rings. The zero-order valence-corrected chi connectivity index (χ0v) is 44.7. The monoisotopic (exact) mass is 1090 g/mol. The predicted octanol–water partition coefficient (Wildman–Crippen LogP) is -6.09. The van der Waals surface area contributed by atoms with Gasteiger partial charge in [-0.05, 0) is 109 Å². The molecule has 77 heavy (non-hydrogen) atoms. The molecule has 432 valence electrons. The van der Waals surface area contributed by atoms with Gasteiger partial charge in [0.1, 0.15) is 54.4 Å². The fraction of sp³-hybridized carbons (Fsp3) is 0.680. The average molecular weight is 1090 g/mol. The highest BCUT2D eigenvalue weighted by atomic mass is 16.3. The lowest BCUT2D eigenvalue weighted by molar-refractivity contribution is -0.158. The number of amides is 10. The fourth-order valence-electron chi connectivity index (χ4n) is 9.17. The minimum Gasteiger partial charge on any atom is -0.391 e. The molecule has 1 aliphatic carbocycles. The summed E-state index contributed by atoms with van der Waals surface area (Å²) in [7, 11) is 0. The molecule has 27 heteroatoms. The third-order valence-electron chi connectivity index (χ3n) is 13.4. The summed E-state index contributed by atoms with van der Waals surface area (Å²) in [5.41, 5.74) is 36.6. The number of carbonyl (C=O) groups excluding carboxylic acids is 10. The number of imide groups is 1. The van der Waals surface area contributed by atoms with Crippen LogP contribution in [0.15, 0.2) is 30.3 Å². The molecule has 0 unspecified atom stereocenters. The normalized spacial score (nSPS) is 26.3. The van der Waals surface area contributed by atoms with Gasteiger partial charge in [-0.25, -0.2) is 0 Å². The van der Waals surface area contributed by atoms with Gasteiger partial charge >= 0.3 is 0 Å². The van der Waals surface area contributed by atoms with Gasteiger partial charge in [-0.2, -0.15) is 0 Å². The Kier molecular flexibility index (Phi) is 27.5. The van der Waals surface area contributed by atoms with Crippen LogP contribution in [-0.4, -0.2) is 180 Å². The van der Waals surface area contributed by atoms with Gasteiger partial charge in [0.2, 0.25) is 47.3 Å². The average Bonchev–Trinajstić information content (AvgIpc) is 3.37. The third-order valence-corrected chi connectivity index (χ3v) is 13.4. The number of nitrogens with one attached hydrogen (secondary N) is 8. The highest BCUT2D eigenvalue weighted by Gasteiger charge is 2.45. The highest BCUT2D eigenvalue weighted by Crippen LogP contribution is 2.24. The molecule has 0 bridgehead atoms. The molecule has 1 saturated heterocycles. The molecule has 3 rings (SSSR count). The molecular weight excluding hydrogens is 1000 g/mol. The van der Waals surface area contributed by atoms with Crippen LogP contribution in [0.25, 0.3) is 0 Å². The van der Waals surface area contributed by atoms with E-state index in [-0.39, 0.29) is 64.2 Å². The number of nitrogens with two attached hydrogens (primary N) is 6. The van der Waals surface area contributed by atoms with Crippen LogP contribution in [-0.2, 0) is 54.4 Å². The van der Waals surface area contributed by atoms with Crippen molar-refractivity contribution in [2.45, 2.75) is 171 Å². The van der Waals surface area contributed by atoms with Crippen LogP contribution in [0.2, 0.25) is 0 Å². The maximum absolute atomic E-state index is 15.2. The molecule has 27 nitrogen and oxygen atoms in total. The molecule has 22 N–H and O–H groups in total. The number of nitrogens with zero attached hydrogens (tertiary/aromatic N) is 1. The minimum absolute atomic E-state index is 0.0558. The first-order chi connectivity index (χ1) is 36.5. The Hall–Kier alpha value is -6.20. The summed E-state index contributed by atoms with van der Waals surface area (Å²) in [6.45, 7) is 4.52. The Labute approximate surface area is 449 Å². The molecule has 1 aliphatic heterocycles. The fourth-order valence-corrected chi connectivity index (χ4v) is 9.17. The van der Waals surface area contributed by atoms with Crippen molar-refractivity contribution in [1.82, 2.24) is 47.4 Å². The second-order valence-electron chi connectivity index (χ2n) is 20.1. The van der Waals surface area contributed by atoms with Crippen molar-refractivity contribution >= 4 is 59.1 Å². The number of aliphatic hydroxyl groups is 2. The summed E-state index contributed by atoms with van der Waals surface area (Å²) in [4.78, 5) is 144. The van der Waals surface area contributed by atoms with Crippen molar-refractivity contribution in [3.8, 4) is 0 Å². The van der Waals surface area contributed by atoms with Crippen LogP contribution < -0.4 is 76.9 Å². The maximum Gasteiger partial charge on any atom is 0.255 e. The zero-order valence-electron chi connectivity index (χ0n) is 44.7. The summed E-state index contributed by atoms with van der Waals surface area (Å²) in [5.74, 6) is -11.2. The van der Waals surface area contributed by atoms with Gasteiger partial charge in [-0.3, -0.25) is 52.8 Å². The van der Waals surface area contributed by atoms with Crippen molar-refractivity contribution in [3.05, 3.63) is 35.9 Å². The van der Waals surface area contributed by atoms with Gasteiger partial charge in [-0.15, -0.1) is 0 Å². The van der Waals surface area contributed by atoms with E-state index in [1.165, 1.54) is 6.92 Å². The van der Waals surface area contributed by atoms with Crippen molar-refractivity contribution in [1.29, 1.82) is 0 Å². The number of aliphatic hydroxyl groups excluding tert-OH is 2. The van der Waals surface area contributed by atoms with Crippen LogP contribution >= 0.6 is 0 Å². The molecule has 2 aliphatic rings. The quantitative estimate of drug-likeness (QED) is 0.0545. The molecule has 1 saturated carbocycles. The summed E-state index contributed by atoms with van der Waals surface area (Å²) in [6, 6.07) is -6.87. The van der Waals surface area contributed by atoms with Gasteiger partial charge in [0.05, 0.1) is 18.1 Å². The predicted molar refractivity (Wildman–Crippen MR) is 282 cm³/mol. The zero-order chi connectivity index (χ0) is 57.5. The molecule has 1 aromatic rings.